The summed E-state index contributed by atoms with van der Waals surface area (Å²) in [5.74, 6) is 1.93. The van der Waals surface area contributed by atoms with Crippen molar-refractivity contribution < 1.29 is 4.79 Å². The van der Waals surface area contributed by atoms with E-state index in [0.29, 0.717) is 12.5 Å². The van der Waals surface area contributed by atoms with Gasteiger partial charge in [0.15, 0.2) is 0 Å². The summed E-state index contributed by atoms with van der Waals surface area (Å²) in [4.78, 5) is 12.0. The van der Waals surface area contributed by atoms with Crippen molar-refractivity contribution in [2.75, 3.05) is 25.1 Å². The molecular formula is C12H24N2OS. The van der Waals surface area contributed by atoms with Crippen molar-refractivity contribution in [2.24, 2.45) is 17.6 Å². The fourth-order valence-corrected chi connectivity index (χ4v) is 2.83. The molecule has 0 saturated heterocycles. The lowest BCUT2D eigenvalue weighted by atomic mass is 9.79. The molecular weight excluding hydrogens is 220 g/mol. The van der Waals surface area contributed by atoms with Crippen LogP contribution in [0.1, 0.15) is 32.1 Å². The highest BCUT2D eigenvalue weighted by atomic mass is 32.2. The summed E-state index contributed by atoms with van der Waals surface area (Å²) in [7, 11) is 0. The normalized spacial score (nSPS) is 25.4. The first-order valence-corrected chi connectivity index (χ1v) is 7.65. The summed E-state index contributed by atoms with van der Waals surface area (Å²) in [6, 6.07) is 0. The number of nitrogens with two attached hydrogens (primary N) is 1. The van der Waals surface area contributed by atoms with Gasteiger partial charge in [0, 0.05) is 12.5 Å². The lowest BCUT2D eigenvalue weighted by Crippen LogP contribution is -2.39. The van der Waals surface area contributed by atoms with E-state index < -0.39 is 0 Å². The predicted molar refractivity (Wildman–Crippen MR) is 70.5 cm³/mol. The molecule has 0 aromatic heterocycles. The number of carbonyl (C=O) groups is 1. The Morgan fingerprint density at radius 1 is 1.44 bits per heavy atom. The van der Waals surface area contributed by atoms with Gasteiger partial charge >= 0.3 is 0 Å². The zero-order chi connectivity index (χ0) is 11.8. The lowest BCUT2D eigenvalue weighted by Gasteiger charge is -2.29. The van der Waals surface area contributed by atoms with E-state index in [1.165, 1.54) is 12.8 Å². The summed E-state index contributed by atoms with van der Waals surface area (Å²) < 4.78 is 0. The van der Waals surface area contributed by atoms with Crippen LogP contribution < -0.4 is 11.1 Å². The first kappa shape index (κ1) is 13.8. The zero-order valence-electron chi connectivity index (χ0n) is 10.2. The van der Waals surface area contributed by atoms with E-state index in [1.54, 1.807) is 0 Å². The second-order valence-electron chi connectivity index (χ2n) is 4.52. The third-order valence-corrected chi connectivity index (χ3v) is 4.07. The van der Waals surface area contributed by atoms with Crippen molar-refractivity contribution in [3.8, 4) is 0 Å². The van der Waals surface area contributed by atoms with Gasteiger partial charge in [-0.3, -0.25) is 4.79 Å². The van der Waals surface area contributed by atoms with Crippen LogP contribution >= 0.6 is 11.8 Å². The van der Waals surface area contributed by atoms with E-state index in [9.17, 15) is 4.79 Å². The Bertz CT molecular complexity index is 211. The second-order valence-corrected chi connectivity index (χ2v) is 5.51. The van der Waals surface area contributed by atoms with Gasteiger partial charge in [-0.1, -0.05) is 12.8 Å². The quantitative estimate of drug-likeness (QED) is 0.698. The molecule has 4 heteroatoms. The smallest absolute Gasteiger partial charge is 0.223 e. The molecule has 0 spiro atoms. The third-order valence-electron chi connectivity index (χ3n) is 3.37. The Morgan fingerprint density at radius 3 is 2.88 bits per heavy atom. The zero-order valence-corrected chi connectivity index (χ0v) is 11.0. The van der Waals surface area contributed by atoms with Crippen molar-refractivity contribution in [1.82, 2.24) is 5.32 Å². The molecule has 2 atom stereocenters. The molecule has 16 heavy (non-hydrogen) atoms. The highest BCUT2D eigenvalue weighted by Gasteiger charge is 2.29. The topological polar surface area (TPSA) is 55.1 Å². The van der Waals surface area contributed by atoms with Gasteiger partial charge in [0.2, 0.25) is 5.91 Å². The summed E-state index contributed by atoms with van der Waals surface area (Å²) in [6.07, 6.45) is 7.72. The number of hydrogen-bond donors (Lipinski definition) is 2. The fourth-order valence-electron chi connectivity index (χ4n) is 2.39. The van der Waals surface area contributed by atoms with Crippen LogP contribution in [0.5, 0.6) is 0 Å². The Morgan fingerprint density at radius 2 is 2.19 bits per heavy atom. The van der Waals surface area contributed by atoms with Gasteiger partial charge in [-0.25, -0.2) is 0 Å². The highest BCUT2D eigenvalue weighted by Crippen LogP contribution is 2.29. The Labute approximate surface area is 103 Å². The molecule has 0 aromatic carbocycles. The number of hydrogen-bond acceptors (Lipinski definition) is 3. The van der Waals surface area contributed by atoms with Crippen LogP contribution in [-0.2, 0) is 4.79 Å². The summed E-state index contributed by atoms with van der Waals surface area (Å²) in [5, 5.41) is 3.04. The standard InChI is InChI=1S/C12H24N2OS/c1-16-8-4-7-14-12(15)11-6-3-2-5-10(11)9-13/h10-11H,2-9,13H2,1H3,(H,14,15). The van der Waals surface area contributed by atoms with E-state index in [4.69, 9.17) is 5.73 Å². The number of rotatable bonds is 6. The van der Waals surface area contributed by atoms with Gasteiger partial charge in [-0.2, -0.15) is 11.8 Å². The minimum atomic E-state index is 0.174. The molecule has 0 heterocycles. The highest BCUT2D eigenvalue weighted by molar-refractivity contribution is 7.98. The number of nitrogens with one attached hydrogen (secondary N) is 1. The molecule has 1 aliphatic rings. The average molecular weight is 244 g/mol. The molecule has 0 aliphatic heterocycles. The van der Waals surface area contributed by atoms with Crippen molar-refractivity contribution in [3.05, 3.63) is 0 Å². The first-order valence-electron chi connectivity index (χ1n) is 6.26. The van der Waals surface area contributed by atoms with Gasteiger partial charge < -0.3 is 11.1 Å². The maximum atomic E-state index is 12.0. The van der Waals surface area contributed by atoms with Crippen molar-refractivity contribution in [2.45, 2.75) is 32.1 Å². The Kier molecular flexibility index (Phi) is 6.88. The summed E-state index contributed by atoms with van der Waals surface area (Å²) in [6.45, 7) is 1.47. The van der Waals surface area contributed by atoms with Crippen molar-refractivity contribution in [3.63, 3.8) is 0 Å². The molecule has 1 aliphatic carbocycles. The lowest BCUT2D eigenvalue weighted by molar-refractivity contribution is -0.127. The maximum absolute atomic E-state index is 12.0. The second kappa shape index (κ2) is 7.96. The Hall–Kier alpha value is -0.220. The first-order chi connectivity index (χ1) is 7.79. The maximum Gasteiger partial charge on any atom is 0.223 e. The van der Waals surface area contributed by atoms with Crippen molar-refractivity contribution >= 4 is 17.7 Å². The molecule has 3 nitrogen and oxygen atoms in total. The molecule has 1 amide bonds. The Balaban J connectivity index is 2.27. The molecule has 0 bridgehead atoms. The minimum absolute atomic E-state index is 0.174. The van der Waals surface area contributed by atoms with Gasteiger partial charge in [-0.15, -0.1) is 0 Å². The van der Waals surface area contributed by atoms with E-state index in [-0.39, 0.29) is 11.8 Å². The van der Waals surface area contributed by atoms with E-state index in [0.717, 1.165) is 31.6 Å². The van der Waals surface area contributed by atoms with Crippen LogP contribution in [0.3, 0.4) is 0 Å². The molecule has 1 rings (SSSR count). The van der Waals surface area contributed by atoms with Crippen molar-refractivity contribution in [1.29, 1.82) is 0 Å². The monoisotopic (exact) mass is 244 g/mol. The molecule has 94 valence electrons. The van der Waals surface area contributed by atoms with E-state index in [1.807, 2.05) is 11.8 Å². The van der Waals surface area contributed by atoms with Gasteiger partial charge in [0.25, 0.3) is 0 Å². The van der Waals surface area contributed by atoms with Crippen LogP contribution in [0.2, 0.25) is 0 Å². The average Bonchev–Trinajstić information content (AvgIpc) is 2.34. The van der Waals surface area contributed by atoms with Crippen LogP contribution in [0.25, 0.3) is 0 Å². The summed E-state index contributed by atoms with van der Waals surface area (Å²) in [5.41, 5.74) is 5.72. The van der Waals surface area contributed by atoms with Crippen LogP contribution in [0.15, 0.2) is 0 Å². The van der Waals surface area contributed by atoms with Crippen LogP contribution in [0, 0.1) is 11.8 Å². The summed E-state index contributed by atoms with van der Waals surface area (Å²) >= 11 is 1.82. The molecule has 0 radical (unpaired) electrons. The van der Waals surface area contributed by atoms with Crippen LogP contribution in [-0.4, -0.2) is 31.0 Å². The molecule has 1 fully saturated rings. The third kappa shape index (κ3) is 4.34. The predicted octanol–water partition coefficient (Wildman–Crippen LogP) is 1.62. The SMILES string of the molecule is CSCCCNC(=O)C1CCCCC1CN. The number of carbonyl (C=O) groups excluding carboxylic acids is 1. The molecule has 3 N–H and O–H groups in total. The molecule has 2 unspecified atom stereocenters. The number of thioether (sulfide) groups is 1. The van der Waals surface area contributed by atoms with Crippen LogP contribution in [0.4, 0.5) is 0 Å². The molecule has 1 saturated carbocycles. The minimum Gasteiger partial charge on any atom is -0.356 e. The largest absolute Gasteiger partial charge is 0.356 e. The van der Waals surface area contributed by atoms with Gasteiger partial charge in [0.1, 0.15) is 0 Å². The fraction of sp³-hybridized carbons (Fsp3) is 0.917. The van der Waals surface area contributed by atoms with E-state index >= 15 is 0 Å². The molecule has 0 aromatic rings. The number of amides is 1. The van der Waals surface area contributed by atoms with E-state index in [2.05, 4.69) is 11.6 Å². The van der Waals surface area contributed by atoms with Gasteiger partial charge in [0.05, 0.1) is 0 Å². The van der Waals surface area contributed by atoms with Gasteiger partial charge in [-0.05, 0) is 43.7 Å².